The third-order valence-corrected chi connectivity index (χ3v) is 5.08. The van der Waals surface area contributed by atoms with Crippen LogP contribution in [0.5, 0.6) is 0 Å². The summed E-state index contributed by atoms with van der Waals surface area (Å²) >= 11 is 0. The second kappa shape index (κ2) is 7.25. The zero-order valence-electron chi connectivity index (χ0n) is 13.1. The van der Waals surface area contributed by atoms with E-state index in [-0.39, 0.29) is 11.4 Å². The maximum Gasteiger partial charge on any atom is 0.236 e. The number of rotatable bonds is 6. The average Bonchev–Trinajstić information content (AvgIpc) is 2.46. The van der Waals surface area contributed by atoms with Gasteiger partial charge in [0.2, 0.25) is 5.91 Å². The summed E-state index contributed by atoms with van der Waals surface area (Å²) in [5, 5.41) is 0. The first-order valence-electron chi connectivity index (χ1n) is 7.64. The van der Waals surface area contributed by atoms with Crippen LogP contribution in [-0.4, -0.2) is 55.0 Å². The van der Waals surface area contributed by atoms with E-state index in [9.17, 15) is 4.79 Å². The second-order valence-electron chi connectivity index (χ2n) is 6.04. The summed E-state index contributed by atoms with van der Waals surface area (Å²) in [6, 6.07) is 0. The Morgan fingerprint density at radius 2 is 1.84 bits per heavy atom. The highest BCUT2D eigenvalue weighted by Crippen LogP contribution is 2.36. The monoisotopic (exact) mass is 269 g/mol. The summed E-state index contributed by atoms with van der Waals surface area (Å²) in [6.45, 7) is 6.17. The van der Waals surface area contributed by atoms with Crippen LogP contribution in [0, 0.1) is 5.92 Å². The van der Waals surface area contributed by atoms with E-state index >= 15 is 0 Å². The van der Waals surface area contributed by atoms with Gasteiger partial charge in [0.25, 0.3) is 0 Å². The molecular formula is C15H31N3O. The van der Waals surface area contributed by atoms with Crippen molar-refractivity contribution in [2.24, 2.45) is 11.7 Å². The van der Waals surface area contributed by atoms with Crippen LogP contribution in [0.2, 0.25) is 0 Å². The van der Waals surface area contributed by atoms with Gasteiger partial charge in [-0.3, -0.25) is 9.69 Å². The lowest BCUT2D eigenvalue weighted by Crippen LogP contribution is -2.56. The highest BCUT2D eigenvalue weighted by molar-refractivity contribution is 5.78. The van der Waals surface area contributed by atoms with Crippen molar-refractivity contribution in [2.45, 2.75) is 51.5 Å². The molecule has 0 aromatic carbocycles. The zero-order valence-corrected chi connectivity index (χ0v) is 13.1. The Morgan fingerprint density at radius 1 is 1.26 bits per heavy atom. The molecule has 0 bridgehead atoms. The fourth-order valence-corrected chi connectivity index (χ4v) is 3.03. The van der Waals surface area contributed by atoms with Gasteiger partial charge in [0.1, 0.15) is 0 Å². The van der Waals surface area contributed by atoms with Crippen LogP contribution in [0.3, 0.4) is 0 Å². The van der Waals surface area contributed by atoms with Gasteiger partial charge in [0.05, 0.1) is 6.54 Å². The molecule has 19 heavy (non-hydrogen) atoms. The van der Waals surface area contributed by atoms with Gasteiger partial charge in [-0.25, -0.2) is 0 Å². The molecule has 0 saturated heterocycles. The molecule has 0 heterocycles. The number of hydrogen-bond donors (Lipinski definition) is 1. The number of carbonyl (C=O) groups excluding carboxylic acids is 1. The highest BCUT2D eigenvalue weighted by Gasteiger charge is 2.37. The fourth-order valence-electron chi connectivity index (χ4n) is 3.03. The van der Waals surface area contributed by atoms with E-state index < -0.39 is 0 Å². The molecule has 1 fully saturated rings. The smallest absolute Gasteiger partial charge is 0.236 e. The molecule has 0 atom stereocenters. The molecule has 1 aliphatic carbocycles. The Bertz CT molecular complexity index is 285. The van der Waals surface area contributed by atoms with Crippen molar-refractivity contribution < 1.29 is 4.79 Å². The van der Waals surface area contributed by atoms with Crippen LogP contribution < -0.4 is 5.73 Å². The molecule has 0 spiro atoms. The molecule has 0 radical (unpaired) electrons. The number of nitrogens with two attached hydrogens (primary N) is 1. The zero-order chi connectivity index (χ0) is 14.5. The first-order valence-corrected chi connectivity index (χ1v) is 7.64. The standard InChI is InChI=1S/C15H31N3O/c1-5-13-7-9-15(12-16,10-8-13)18(4)11-14(19)17(3)6-2/h13H,5-12,16H2,1-4H3. The van der Waals surface area contributed by atoms with Gasteiger partial charge >= 0.3 is 0 Å². The van der Waals surface area contributed by atoms with Gasteiger partial charge in [-0.1, -0.05) is 13.3 Å². The Morgan fingerprint density at radius 3 is 2.26 bits per heavy atom. The summed E-state index contributed by atoms with van der Waals surface area (Å²) in [5.41, 5.74) is 6.08. The third kappa shape index (κ3) is 3.93. The number of amides is 1. The number of carbonyl (C=O) groups is 1. The van der Waals surface area contributed by atoms with Crippen molar-refractivity contribution in [1.82, 2.24) is 9.80 Å². The molecule has 0 unspecified atom stereocenters. The molecule has 1 amide bonds. The minimum Gasteiger partial charge on any atom is -0.345 e. The van der Waals surface area contributed by atoms with E-state index in [1.807, 2.05) is 14.0 Å². The van der Waals surface area contributed by atoms with E-state index in [2.05, 4.69) is 18.9 Å². The summed E-state index contributed by atoms with van der Waals surface area (Å²) in [6.07, 6.45) is 6.01. The van der Waals surface area contributed by atoms with Crippen molar-refractivity contribution in [3.63, 3.8) is 0 Å². The molecular weight excluding hydrogens is 238 g/mol. The van der Waals surface area contributed by atoms with Crippen molar-refractivity contribution >= 4 is 5.91 Å². The lowest BCUT2D eigenvalue weighted by molar-refractivity contribution is -0.132. The van der Waals surface area contributed by atoms with Gasteiger partial charge < -0.3 is 10.6 Å². The minimum absolute atomic E-state index is 0.0376. The quantitative estimate of drug-likeness (QED) is 0.798. The van der Waals surface area contributed by atoms with Gasteiger partial charge in [-0.05, 0) is 45.6 Å². The highest BCUT2D eigenvalue weighted by atomic mass is 16.2. The third-order valence-electron chi connectivity index (χ3n) is 5.08. The minimum atomic E-state index is 0.0376. The Labute approximate surface area is 118 Å². The van der Waals surface area contributed by atoms with Crippen LogP contribution in [0.4, 0.5) is 0 Å². The van der Waals surface area contributed by atoms with Crippen LogP contribution in [-0.2, 0) is 4.79 Å². The van der Waals surface area contributed by atoms with E-state index in [0.717, 1.165) is 25.3 Å². The molecule has 4 nitrogen and oxygen atoms in total. The summed E-state index contributed by atoms with van der Waals surface area (Å²) in [7, 11) is 3.92. The maximum atomic E-state index is 12.0. The molecule has 0 aromatic rings. The van der Waals surface area contributed by atoms with Gasteiger partial charge in [0.15, 0.2) is 0 Å². The second-order valence-corrected chi connectivity index (χ2v) is 6.04. The van der Waals surface area contributed by atoms with Crippen molar-refractivity contribution in [3.8, 4) is 0 Å². The molecule has 0 aromatic heterocycles. The molecule has 1 rings (SSSR count). The van der Waals surface area contributed by atoms with Gasteiger partial charge in [-0.2, -0.15) is 0 Å². The number of nitrogens with zero attached hydrogens (tertiary/aromatic N) is 2. The summed E-state index contributed by atoms with van der Waals surface area (Å²) < 4.78 is 0. The van der Waals surface area contributed by atoms with E-state index in [0.29, 0.717) is 13.1 Å². The molecule has 1 aliphatic rings. The molecule has 4 heteroatoms. The Kier molecular flexibility index (Phi) is 6.27. The van der Waals surface area contributed by atoms with Gasteiger partial charge in [-0.15, -0.1) is 0 Å². The lowest BCUT2D eigenvalue weighted by Gasteiger charge is -2.46. The van der Waals surface area contributed by atoms with Crippen molar-refractivity contribution in [3.05, 3.63) is 0 Å². The first kappa shape index (κ1) is 16.4. The average molecular weight is 269 g/mol. The Hall–Kier alpha value is -0.610. The van der Waals surface area contributed by atoms with Crippen LogP contribution >= 0.6 is 0 Å². The lowest BCUT2D eigenvalue weighted by atomic mass is 9.74. The fraction of sp³-hybridized carbons (Fsp3) is 0.933. The SMILES string of the molecule is CCC1CCC(CN)(N(C)CC(=O)N(C)CC)CC1. The van der Waals surface area contributed by atoms with Gasteiger partial charge in [0, 0.05) is 25.7 Å². The molecule has 112 valence electrons. The van der Waals surface area contributed by atoms with Crippen LogP contribution in [0.25, 0.3) is 0 Å². The van der Waals surface area contributed by atoms with E-state index in [1.165, 1.54) is 19.3 Å². The van der Waals surface area contributed by atoms with Crippen molar-refractivity contribution in [2.75, 3.05) is 33.7 Å². The maximum absolute atomic E-state index is 12.0. The number of hydrogen-bond acceptors (Lipinski definition) is 3. The van der Waals surface area contributed by atoms with Crippen LogP contribution in [0.15, 0.2) is 0 Å². The summed E-state index contributed by atoms with van der Waals surface area (Å²) in [4.78, 5) is 16.0. The molecule has 0 aliphatic heterocycles. The normalized spacial score (nSPS) is 27.6. The predicted molar refractivity (Wildman–Crippen MR) is 80.0 cm³/mol. The topological polar surface area (TPSA) is 49.6 Å². The largest absolute Gasteiger partial charge is 0.345 e. The first-order chi connectivity index (χ1) is 8.99. The van der Waals surface area contributed by atoms with E-state index in [4.69, 9.17) is 5.73 Å². The molecule has 1 saturated carbocycles. The van der Waals surface area contributed by atoms with Crippen molar-refractivity contribution in [1.29, 1.82) is 0 Å². The molecule has 2 N–H and O–H groups in total. The van der Waals surface area contributed by atoms with E-state index in [1.54, 1.807) is 4.90 Å². The Balaban J connectivity index is 2.61. The number of likely N-dealkylation sites (N-methyl/N-ethyl adjacent to an activating group) is 2. The predicted octanol–water partition coefficient (Wildman–Crippen LogP) is 1.69. The summed E-state index contributed by atoms with van der Waals surface area (Å²) in [5.74, 6) is 1.04. The van der Waals surface area contributed by atoms with Crippen LogP contribution in [0.1, 0.15) is 46.0 Å².